The van der Waals surface area contributed by atoms with Gasteiger partial charge in [0.05, 0.1) is 12.3 Å². The van der Waals surface area contributed by atoms with E-state index in [1.165, 1.54) is 16.7 Å². The minimum Gasteiger partial charge on any atom is -0.383 e. The van der Waals surface area contributed by atoms with Crippen LogP contribution in [0.4, 0.5) is 14.5 Å². The fourth-order valence-electron chi connectivity index (χ4n) is 1.85. The molecule has 6 heteroatoms. The first kappa shape index (κ1) is 15.2. The zero-order valence-electron chi connectivity index (χ0n) is 11.6. The Morgan fingerprint density at radius 3 is 2.71 bits per heavy atom. The zero-order valence-corrected chi connectivity index (χ0v) is 11.6. The van der Waals surface area contributed by atoms with Crippen LogP contribution >= 0.6 is 0 Å². The van der Waals surface area contributed by atoms with E-state index in [4.69, 9.17) is 4.74 Å². The Morgan fingerprint density at radius 2 is 2.00 bits per heavy atom. The molecule has 0 saturated heterocycles. The van der Waals surface area contributed by atoms with Crippen LogP contribution in [0.15, 0.2) is 41.3 Å². The molecule has 0 unspecified atom stereocenters. The van der Waals surface area contributed by atoms with Crippen LogP contribution in [0.1, 0.15) is 5.56 Å². The van der Waals surface area contributed by atoms with E-state index in [-0.39, 0.29) is 5.56 Å². The number of benzene rings is 1. The first-order chi connectivity index (χ1) is 10.1. The molecule has 1 aromatic heterocycles. The van der Waals surface area contributed by atoms with Gasteiger partial charge in [0.1, 0.15) is 0 Å². The van der Waals surface area contributed by atoms with Gasteiger partial charge in [0.25, 0.3) is 5.56 Å². The summed E-state index contributed by atoms with van der Waals surface area (Å²) in [6.45, 7) is 1.22. The van der Waals surface area contributed by atoms with E-state index in [9.17, 15) is 13.6 Å². The summed E-state index contributed by atoms with van der Waals surface area (Å²) in [5, 5.41) is 3.06. The van der Waals surface area contributed by atoms with Crippen molar-refractivity contribution in [3.63, 3.8) is 0 Å². The van der Waals surface area contributed by atoms with Gasteiger partial charge < -0.3 is 14.6 Å². The fraction of sp³-hybridized carbons (Fsp3) is 0.267. The highest BCUT2D eigenvalue weighted by Crippen LogP contribution is 2.11. The molecule has 1 aromatic carbocycles. The van der Waals surface area contributed by atoms with E-state index >= 15 is 0 Å². The lowest BCUT2D eigenvalue weighted by Crippen LogP contribution is -2.21. The quantitative estimate of drug-likeness (QED) is 0.889. The molecule has 0 saturated carbocycles. The average molecular weight is 294 g/mol. The number of aromatic nitrogens is 1. The van der Waals surface area contributed by atoms with Crippen molar-refractivity contribution in [1.29, 1.82) is 0 Å². The fourth-order valence-corrected chi connectivity index (χ4v) is 1.85. The standard InChI is InChI=1S/C15H16F2N2O2/c1-21-7-6-19-10-12(3-5-15(19)20)18-9-11-2-4-13(16)14(17)8-11/h2-5,8,10,18H,6-7,9H2,1H3. The van der Waals surface area contributed by atoms with Gasteiger partial charge in [0.15, 0.2) is 11.6 Å². The second kappa shape index (κ2) is 6.99. The number of pyridine rings is 1. The Morgan fingerprint density at radius 1 is 1.19 bits per heavy atom. The van der Waals surface area contributed by atoms with Crippen molar-refractivity contribution in [3.05, 3.63) is 64.1 Å². The largest absolute Gasteiger partial charge is 0.383 e. The Bertz CT molecular complexity index is 671. The summed E-state index contributed by atoms with van der Waals surface area (Å²) in [6, 6.07) is 6.83. The summed E-state index contributed by atoms with van der Waals surface area (Å²) < 4.78 is 32.4. The van der Waals surface area contributed by atoms with Crippen LogP contribution in [0.5, 0.6) is 0 Å². The lowest BCUT2D eigenvalue weighted by atomic mass is 10.2. The van der Waals surface area contributed by atoms with Crippen molar-refractivity contribution < 1.29 is 13.5 Å². The maximum atomic E-state index is 13.1. The number of hydrogen-bond donors (Lipinski definition) is 1. The van der Waals surface area contributed by atoms with Gasteiger partial charge in [0.2, 0.25) is 0 Å². The van der Waals surface area contributed by atoms with E-state index < -0.39 is 11.6 Å². The number of rotatable bonds is 6. The Hall–Kier alpha value is -2.21. The molecule has 0 spiro atoms. The Balaban J connectivity index is 2.05. The predicted octanol–water partition coefficient (Wildman–Crippen LogP) is 2.39. The van der Waals surface area contributed by atoms with Crippen LogP contribution in [0.3, 0.4) is 0 Å². The van der Waals surface area contributed by atoms with Gasteiger partial charge in [-0.3, -0.25) is 4.79 Å². The van der Waals surface area contributed by atoms with E-state index in [1.807, 2.05) is 0 Å². The molecular formula is C15H16F2N2O2. The van der Waals surface area contributed by atoms with Gasteiger partial charge in [-0.2, -0.15) is 0 Å². The van der Waals surface area contributed by atoms with Crippen LogP contribution in [-0.2, 0) is 17.8 Å². The van der Waals surface area contributed by atoms with Gasteiger partial charge in [-0.05, 0) is 23.8 Å². The van der Waals surface area contributed by atoms with Crippen molar-refractivity contribution in [2.45, 2.75) is 13.1 Å². The molecule has 2 rings (SSSR count). The monoisotopic (exact) mass is 294 g/mol. The molecule has 0 aliphatic rings. The van der Waals surface area contributed by atoms with Gasteiger partial charge >= 0.3 is 0 Å². The number of anilines is 1. The predicted molar refractivity (Wildman–Crippen MR) is 76.3 cm³/mol. The van der Waals surface area contributed by atoms with Crippen LogP contribution in [-0.4, -0.2) is 18.3 Å². The third kappa shape index (κ3) is 4.13. The molecule has 4 nitrogen and oxygen atoms in total. The second-order valence-corrected chi connectivity index (χ2v) is 4.54. The number of hydrogen-bond acceptors (Lipinski definition) is 3. The summed E-state index contributed by atoms with van der Waals surface area (Å²) in [5.41, 5.74) is 1.21. The minimum absolute atomic E-state index is 0.120. The number of ether oxygens (including phenoxy) is 1. The first-order valence-electron chi connectivity index (χ1n) is 6.47. The highest BCUT2D eigenvalue weighted by molar-refractivity contribution is 5.41. The molecule has 1 N–H and O–H groups in total. The van der Waals surface area contributed by atoms with Gasteiger partial charge in [-0.15, -0.1) is 0 Å². The van der Waals surface area contributed by atoms with Gasteiger partial charge in [0, 0.05) is 32.5 Å². The Kier molecular flexibility index (Phi) is 5.05. The van der Waals surface area contributed by atoms with Crippen molar-refractivity contribution in [3.8, 4) is 0 Å². The molecule has 0 bridgehead atoms. The molecule has 0 atom stereocenters. The van der Waals surface area contributed by atoms with Crippen molar-refractivity contribution >= 4 is 5.69 Å². The molecule has 21 heavy (non-hydrogen) atoms. The van der Waals surface area contributed by atoms with Crippen molar-refractivity contribution in [2.24, 2.45) is 0 Å². The summed E-state index contributed by atoms with van der Waals surface area (Å²) in [7, 11) is 1.57. The number of halogens is 2. The lowest BCUT2D eigenvalue weighted by Gasteiger charge is -2.10. The molecule has 0 aliphatic heterocycles. The highest BCUT2D eigenvalue weighted by atomic mass is 19.2. The van der Waals surface area contributed by atoms with E-state index in [2.05, 4.69) is 5.32 Å². The van der Waals surface area contributed by atoms with Crippen LogP contribution in [0.2, 0.25) is 0 Å². The summed E-state index contributed by atoms with van der Waals surface area (Å²) >= 11 is 0. The maximum absolute atomic E-state index is 13.1. The number of methoxy groups -OCH3 is 1. The lowest BCUT2D eigenvalue weighted by molar-refractivity contribution is 0.186. The Labute approximate surface area is 121 Å². The van der Waals surface area contributed by atoms with Crippen LogP contribution in [0.25, 0.3) is 0 Å². The van der Waals surface area contributed by atoms with Crippen LogP contribution < -0.4 is 10.9 Å². The minimum atomic E-state index is -0.876. The van der Waals surface area contributed by atoms with Crippen molar-refractivity contribution in [2.75, 3.05) is 19.0 Å². The summed E-state index contributed by atoms with van der Waals surface area (Å²) in [5.74, 6) is -1.74. The van der Waals surface area contributed by atoms with Crippen molar-refractivity contribution in [1.82, 2.24) is 4.57 Å². The van der Waals surface area contributed by atoms with E-state index in [0.717, 1.165) is 17.8 Å². The number of nitrogens with zero attached hydrogens (tertiary/aromatic N) is 1. The SMILES string of the molecule is COCCn1cc(NCc2ccc(F)c(F)c2)ccc1=O. The third-order valence-electron chi connectivity index (χ3n) is 3.00. The second-order valence-electron chi connectivity index (χ2n) is 4.54. The molecule has 112 valence electrons. The topological polar surface area (TPSA) is 43.3 Å². The normalized spacial score (nSPS) is 10.6. The third-order valence-corrected chi connectivity index (χ3v) is 3.00. The van der Waals surface area contributed by atoms with E-state index in [1.54, 1.807) is 19.4 Å². The molecule has 2 aromatic rings. The summed E-state index contributed by atoms with van der Waals surface area (Å²) in [6.07, 6.45) is 1.67. The maximum Gasteiger partial charge on any atom is 0.250 e. The average Bonchev–Trinajstić information content (AvgIpc) is 2.48. The molecule has 1 heterocycles. The highest BCUT2D eigenvalue weighted by Gasteiger charge is 2.03. The molecule has 0 radical (unpaired) electrons. The molecular weight excluding hydrogens is 278 g/mol. The number of nitrogens with one attached hydrogen (secondary N) is 1. The zero-order chi connectivity index (χ0) is 15.2. The van der Waals surface area contributed by atoms with Gasteiger partial charge in [-0.1, -0.05) is 6.07 Å². The molecule has 0 fully saturated rings. The smallest absolute Gasteiger partial charge is 0.250 e. The van der Waals surface area contributed by atoms with Gasteiger partial charge in [-0.25, -0.2) is 8.78 Å². The first-order valence-corrected chi connectivity index (χ1v) is 6.47. The van der Waals surface area contributed by atoms with Crippen LogP contribution in [0, 0.1) is 11.6 Å². The molecule has 0 aliphatic carbocycles. The summed E-state index contributed by atoms with van der Waals surface area (Å²) in [4.78, 5) is 11.6. The molecule has 0 amide bonds. The van der Waals surface area contributed by atoms with E-state index in [0.29, 0.717) is 25.3 Å².